The van der Waals surface area contributed by atoms with Crippen molar-refractivity contribution in [3.8, 4) is 0 Å². The Morgan fingerprint density at radius 3 is 2.80 bits per heavy atom. The lowest BCUT2D eigenvalue weighted by atomic mass is 9.93. The average molecular weight is 300 g/mol. The first-order valence-electron chi connectivity index (χ1n) is 6.84. The number of aryl methyl sites for hydroxylation is 1. The molecular weight excluding hydrogens is 279 g/mol. The van der Waals surface area contributed by atoms with Gasteiger partial charge in [0.25, 0.3) is 0 Å². The second-order valence-electron chi connectivity index (χ2n) is 5.56. The predicted octanol–water partition coefficient (Wildman–Crippen LogP) is 1.88. The minimum Gasteiger partial charge on any atom is -0.328 e. The lowest BCUT2D eigenvalue weighted by Gasteiger charge is -2.33. The van der Waals surface area contributed by atoms with E-state index >= 15 is 0 Å². The topological polar surface area (TPSA) is 63.4 Å². The van der Waals surface area contributed by atoms with Crippen LogP contribution in [0.25, 0.3) is 0 Å². The van der Waals surface area contributed by atoms with Crippen molar-refractivity contribution in [2.75, 3.05) is 13.1 Å². The van der Waals surface area contributed by atoms with Crippen LogP contribution in [0.15, 0.2) is 23.1 Å². The Bertz CT molecular complexity index is 587. The Hall–Kier alpha value is -0.980. The van der Waals surface area contributed by atoms with E-state index in [1.54, 1.807) is 13.0 Å². The number of hydrogen-bond acceptors (Lipinski definition) is 3. The van der Waals surface area contributed by atoms with Gasteiger partial charge < -0.3 is 5.73 Å². The van der Waals surface area contributed by atoms with Crippen LogP contribution in [0, 0.1) is 18.7 Å². The summed E-state index contributed by atoms with van der Waals surface area (Å²) in [6.45, 7) is 4.43. The Morgan fingerprint density at radius 2 is 2.15 bits per heavy atom. The highest BCUT2D eigenvalue weighted by Crippen LogP contribution is 2.26. The van der Waals surface area contributed by atoms with Gasteiger partial charge in [0.15, 0.2) is 0 Å². The molecule has 4 nitrogen and oxygen atoms in total. The molecule has 112 valence electrons. The van der Waals surface area contributed by atoms with Crippen molar-refractivity contribution in [2.45, 2.75) is 37.6 Å². The van der Waals surface area contributed by atoms with Gasteiger partial charge >= 0.3 is 0 Å². The van der Waals surface area contributed by atoms with E-state index in [0.717, 1.165) is 18.4 Å². The van der Waals surface area contributed by atoms with Gasteiger partial charge in [-0.25, -0.2) is 12.8 Å². The molecule has 1 aliphatic rings. The third-order valence-corrected chi connectivity index (χ3v) is 5.75. The number of sulfonamides is 1. The zero-order valence-electron chi connectivity index (χ0n) is 11.8. The van der Waals surface area contributed by atoms with Crippen LogP contribution < -0.4 is 5.73 Å². The normalized spacial score (nSPS) is 22.7. The van der Waals surface area contributed by atoms with Crippen molar-refractivity contribution < 1.29 is 12.8 Å². The molecule has 1 saturated heterocycles. The first-order chi connectivity index (χ1) is 9.32. The van der Waals surface area contributed by atoms with Crippen LogP contribution in [-0.4, -0.2) is 31.9 Å². The smallest absolute Gasteiger partial charge is 0.246 e. The van der Waals surface area contributed by atoms with E-state index in [9.17, 15) is 12.8 Å². The SMILES string of the molecule is Cc1ccc(F)c(S(=O)(=O)N2CCCC(C(C)N)C2)c1. The molecule has 1 aromatic rings. The van der Waals surface area contributed by atoms with Gasteiger partial charge in [-0.2, -0.15) is 4.31 Å². The molecule has 0 amide bonds. The molecule has 2 N–H and O–H groups in total. The maximum Gasteiger partial charge on any atom is 0.246 e. The van der Waals surface area contributed by atoms with E-state index in [2.05, 4.69) is 0 Å². The summed E-state index contributed by atoms with van der Waals surface area (Å²) >= 11 is 0. The van der Waals surface area contributed by atoms with Crippen LogP contribution in [0.2, 0.25) is 0 Å². The van der Waals surface area contributed by atoms with Crippen LogP contribution >= 0.6 is 0 Å². The fraction of sp³-hybridized carbons (Fsp3) is 0.571. The van der Waals surface area contributed by atoms with Crippen LogP contribution in [0.5, 0.6) is 0 Å². The number of piperidine rings is 1. The molecular formula is C14H21FN2O2S. The van der Waals surface area contributed by atoms with Gasteiger partial charge in [-0.15, -0.1) is 0 Å². The molecule has 1 heterocycles. The Kier molecular flexibility index (Phi) is 4.46. The maximum absolute atomic E-state index is 13.8. The van der Waals surface area contributed by atoms with Gasteiger partial charge in [-0.3, -0.25) is 0 Å². The molecule has 0 bridgehead atoms. The standard InChI is InChI=1S/C14H21FN2O2S/c1-10-5-6-13(15)14(8-10)20(18,19)17-7-3-4-12(9-17)11(2)16/h5-6,8,11-12H,3-4,7,9,16H2,1-2H3. The largest absolute Gasteiger partial charge is 0.328 e. The highest BCUT2D eigenvalue weighted by Gasteiger charge is 2.33. The number of rotatable bonds is 3. The van der Waals surface area contributed by atoms with E-state index in [1.165, 1.54) is 16.4 Å². The molecule has 0 radical (unpaired) electrons. The first-order valence-corrected chi connectivity index (χ1v) is 8.28. The molecule has 0 spiro atoms. The van der Waals surface area contributed by atoms with Crippen molar-refractivity contribution in [1.29, 1.82) is 0 Å². The second kappa shape index (κ2) is 5.79. The monoisotopic (exact) mass is 300 g/mol. The van der Waals surface area contributed by atoms with Crippen LogP contribution in [-0.2, 0) is 10.0 Å². The summed E-state index contributed by atoms with van der Waals surface area (Å²) in [5, 5.41) is 0. The summed E-state index contributed by atoms with van der Waals surface area (Å²) in [6, 6.07) is 4.10. The molecule has 20 heavy (non-hydrogen) atoms. The van der Waals surface area contributed by atoms with Crippen LogP contribution in [0.1, 0.15) is 25.3 Å². The minimum absolute atomic E-state index is 0.0599. The summed E-state index contributed by atoms with van der Waals surface area (Å²) in [7, 11) is -3.78. The van der Waals surface area contributed by atoms with Crippen LogP contribution in [0.3, 0.4) is 0 Å². The van der Waals surface area contributed by atoms with Gasteiger partial charge in [0, 0.05) is 19.1 Å². The van der Waals surface area contributed by atoms with E-state index < -0.39 is 15.8 Å². The Morgan fingerprint density at radius 1 is 1.45 bits per heavy atom. The molecule has 1 aromatic carbocycles. The first kappa shape index (κ1) is 15.4. The number of hydrogen-bond donors (Lipinski definition) is 1. The Balaban J connectivity index is 2.32. The molecule has 2 atom stereocenters. The third-order valence-electron chi connectivity index (χ3n) is 3.87. The van der Waals surface area contributed by atoms with Crippen molar-refractivity contribution >= 4 is 10.0 Å². The van der Waals surface area contributed by atoms with Gasteiger partial charge in [0.1, 0.15) is 10.7 Å². The fourth-order valence-corrected chi connectivity index (χ4v) is 4.25. The van der Waals surface area contributed by atoms with Crippen LogP contribution in [0.4, 0.5) is 4.39 Å². The maximum atomic E-state index is 13.8. The number of nitrogens with two attached hydrogens (primary N) is 1. The quantitative estimate of drug-likeness (QED) is 0.927. The number of benzene rings is 1. The van der Waals surface area contributed by atoms with Gasteiger partial charge in [0.2, 0.25) is 10.0 Å². The molecule has 2 rings (SSSR count). The lowest BCUT2D eigenvalue weighted by molar-refractivity contribution is 0.242. The van der Waals surface area contributed by atoms with Crippen molar-refractivity contribution in [3.05, 3.63) is 29.6 Å². The van der Waals surface area contributed by atoms with Gasteiger partial charge in [0.05, 0.1) is 0 Å². The van der Waals surface area contributed by atoms with Gasteiger partial charge in [-0.1, -0.05) is 6.07 Å². The zero-order valence-corrected chi connectivity index (χ0v) is 12.7. The molecule has 1 fully saturated rings. The summed E-state index contributed by atoms with van der Waals surface area (Å²) in [4.78, 5) is -0.233. The average Bonchev–Trinajstić information content (AvgIpc) is 2.41. The fourth-order valence-electron chi connectivity index (χ4n) is 2.57. The summed E-state index contributed by atoms with van der Waals surface area (Å²) in [5.74, 6) is -0.565. The molecule has 0 saturated carbocycles. The lowest BCUT2D eigenvalue weighted by Crippen LogP contribution is -2.45. The molecule has 0 aromatic heterocycles. The summed E-state index contributed by atoms with van der Waals surface area (Å²) < 4.78 is 40.4. The highest BCUT2D eigenvalue weighted by atomic mass is 32.2. The summed E-state index contributed by atoms with van der Waals surface area (Å²) in [5.41, 5.74) is 6.60. The highest BCUT2D eigenvalue weighted by molar-refractivity contribution is 7.89. The van der Waals surface area contributed by atoms with Crippen molar-refractivity contribution in [3.63, 3.8) is 0 Å². The van der Waals surface area contributed by atoms with E-state index in [1.807, 2.05) is 6.92 Å². The van der Waals surface area contributed by atoms with Gasteiger partial charge in [-0.05, 0) is 50.3 Å². The second-order valence-corrected chi connectivity index (χ2v) is 7.46. The predicted molar refractivity (Wildman–Crippen MR) is 76.3 cm³/mol. The molecule has 0 aliphatic carbocycles. The van der Waals surface area contributed by atoms with E-state index in [-0.39, 0.29) is 16.9 Å². The van der Waals surface area contributed by atoms with E-state index in [0.29, 0.717) is 13.1 Å². The van der Waals surface area contributed by atoms with E-state index in [4.69, 9.17) is 5.73 Å². The van der Waals surface area contributed by atoms with Crippen molar-refractivity contribution in [2.24, 2.45) is 11.7 Å². The number of nitrogens with zero attached hydrogens (tertiary/aromatic N) is 1. The molecule has 1 aliphatic heterocycles. The molecule has 6 heteroatoms. The summed E-state index contributed by atoms with van der Waals surface area (Å²) in [6.07, 6.45) is 1.68. The molecule has 2 unspecified atom stereocenters. The zero-order chi connectivity index (χ0) is 14.9. The third kappa shape index (κ3) is 3.02. The Labute approximate surface area is 119 Å². The van der Waals surface area contributed by atoms with Crippen molar-refractivity contribution in [1.82, 2.24) is 4.31 Å². The minimum atomic E-state index is -3.78. The number of halogens is 1.